The fourth-order valence-corrected chi connectivity index (χ4v) is 3.78. The highest BCUT2D eigenvalue weighted by atomic mass is 35.5. The van der Waals surface area contributed by atoms with Crippen LogP contribution < -0.4 is 9.47 Å². The lowest BCUT2D eigenvalue weighted by atomic mass is 10.0. The quantitative estimate of drug-likeness (QED) is 0.607. The summed E-state index contributed by atoms with van der Waals surface area (Å²) in [6, 6.07) is 11.8. The lowest BCUT2D eigenvalue weighted by molar-refractivity contribution is -0.150. The van der Waals surface area contributed by atoms with Gasteiger partial charge in [-0.2, -0.15) is 0 Å². The van der Waals surface area contributed by atoms with Crippen molar-refractivity contribution >= 4 is 23.5 Å². The Morgan fingerprint density at radius 2 is 1.55 bits per heavy atom. The zero-order chi connectivity index (χ0) is 22.4. The zero-order valence-electron chi connectivity index (χ0n) is 18.0. The van der Waals surface area contributed by atoms with Gasteiger partial charge in [-0.3, -0.25) is 9.69 Å². The van der Waals surface area contributed by atoms with E-state index in [1.165, 1.54) is 0 Å². The van der Waals surface area contributed by atoms with E-state index in [-0.39, 0.29) is 11.9 Å². The van der Waals surface area contributed by atoms with Crippen LogP contribution in [0, 0.1) is 0 Å². The molecule has 1 saturated heterocycles. The maximum Gasteiger partial charge on any atom is 0.328 e. The zero-order valence-corrected chi connectivity index (χ0v) is 18.7. The first kappa shape index (κ1) is 22.9. The molecule has 7 nitrogen and oxygen atoms in total. The van der Waals surface area contributed by atoms with Crippen LogP contribution >= 0.6 is 11.6 Å². The van der Waals surface area contributed by atoms with Gasteiger partial charge in [-0.1, -0.05) is 23.7 Å². The summed E-state index contributed by atoms with van der Waals surface area (Å²) < 4.78 is 15.9. The van der Waals surface area contributed by atoms with Crippen molar-refractivity contribution in [3.05, 3.63) is 58.6 Å². The maximum atomic E-state index is 13.0. The largest absolute Gasteiger partial charge is 0.497 e. The summed E-state index contributed by atoms with van der Waals surface area (Å²) in [6.07, 6.45) is 0. The summed E-state index contributed by atoms with van der Waals surface area (Å²) in [4.78, 5) is 29.6. The number of halogens is 1. The van der Waals surface area contributed by atoms with E-state index >= 15 is 0 Å². The second kappa shape index (κ2) is 10.5. The Hall–Kier alpha value is -2.77. The summed E-state index contributed by atoms with van der Waals surface area (Å²) in [5.41, 5.74) is 1.32. The van der Waals surface area contributed by atoms with Crippen LogP contribution in [0.15, 0.2) is 42.5 Å². The van der Waals surface area contributed by atoms with Crippen molar-refractivity contribution in [3.63, 3.8) is 0 Å². The van der Waals surface area contributed by atoms with Gasteiger partial charge in [-0.15, -0.1) is 0 Å². The summed E-state index contributed by atoms with van der Waals surface area (Å²) in [7, 11) is 3.10. The van der Waals surface area contributed by atoms with E-state index in [0.717, 1.165) is 5.56 Å². The third-order valence-corrected chi connectivity index (χ3v) is 5.51. The molecule has 2 aromatic carbocycles. The standard InChI is InChI=1S/C23H27ClN2O5/c1-4-31-23(28)21(16-5-7-18(24)8-6-16)25-9-11-26(12-10-25)22(27)17-13-19(29-2)15-20(14-17)30-3/h5-8,13-15,21H,4,9-12H2,1-3H3. The number of benzene rings is 2. The van der Waals surface area contributed by atoms with E-state index in [4.69, 9.17) is 25.8 Å². The number of esters is 1. The normalized spacial score (nSPS) is 15.3. The summed E-state index contributed by atoms with van der Waals surface area (Å²) in [5, 5.41) is 0.607. The molecule has 1 aliphatic rings. The smallest absolute Gasteiger partial charge is 0.328 e. The Balaban J connectivity index is 1.74. The van der Waals surface area contributed by atoms with Crippen LogP contribution in [-0.2, 0) is 9.53 Å². The molecule has 1 atom stereocenters. The molecule has 0 spiro atoms. The Morgan fingerprint density at radius 1 is 0.968 bits per heavy atom. The number of ether oxygens (including phenoxy) is 3. The second-order valence-electron chi connectivity index (χ2n) is 7.14. The SMILES string of the molecule is CCOC(=O)C(c1ccc(Cl)cc1)N1CCN(C(=O)c2cc(OC)cc(OC)c2)CC1. The minimum Gasteiger partial charge on any atom is -0.497 e. The van der Waals surface area contributed by atoms with Crippen molar-refractivity contribution < 1.29 is 23.8 Å². The molecular formula is C23H27ClN2O5. The Morgan fingerprint density at radius 3 is 2.06 bits per heavy atom. The Bertz CT molecular complexity index is 888. The van der Waals surface area contributed by atoms with E-state index in [0.29, 0.717) is 54.9 Å². The van der Waals surface area contributed by atoms with Crippen LogP contribution in [0.1, 0.15) is 28.9 Å². The van der Waals surface area contributed by atoms with Gasteiger partial charge < -0.3 is 19.1 Å². The van der Waals surface area contributed by atoms with Gasteiger partial charge in [0.1, 0.15) is 17.5 Å². The van der Waals surface area contributed by atoms with Crippen LogP contribution in [0.3, 0.4) is 0 Å². The average molecular weight is 447 g/mol. The van der Waals surface area contributed by atoms with Crippen LogP contribution in [0.2, 0.25) is 5.02 Å². The molecular weight excluding hydrogens is 420 g/mol. The van der Waals surface area contributed by atoms with Crippen molar-refractivity contribution in [1.29, 1.82) is 0 Å². The molecule has 3 rings (SSSR count). The molecule has 31 heavy (non-hydrogen) atoms. The van der Waals surface area contributed by atoms with Crippen LogP contribution in [0.5, 0.6) is 11.5 Å². The predicted molar refractivity (Wildman–Crippen MR) is 118 cm³/mol. The number of nitrogens with zero attached hydrogens (tertiary/aromatic N) is 2. The van der Waals surface area contributed by atoms with Gasteiger partial charge in [-0.05, 0) is 36.8 Å². The highest BCUT2D eigenvalue weighted by Crippen LogP contribution is 2.27. The minimum absolute atomic E-state index is 0.101. The molecule has 1 aliphatic heterocycles. The van der Waals surface area contributed by atoms with E-state index < -0.39 is 6.04 Å². The first-order valence-electron chi connectivity index (χ1n) is 10.1. The van der Waals surface area contributed by atoms with Gasteiger partial charge in [0, 0.05) is 42.8 Å². The highest BCUT2D eigenvalue weighted by Gasteiger charge is 2.33. The number of piperazine rings is 1. The van der Waals surface area contributed by atoms with Crippen molar-refractivity contribution in [2.24, 2.45) is 0 Å². The number of hydrogen-bond donors (Lipinski definition) is 0. The molecule has 0 radical (unpaired) electrons. The van der Waals surface area contributed by atoms with Crippen LogP contribution in [0.4, 0.5) is 0 Å². The van der Waals surface area contributed by atoms with E-state index in [2.05, 4.69) is 0 Å². The van der Waals surface area contributed by atoms with Crippen molar-refractivity contribution in [1.82, 2.24) is 9.80 Å². The maximum absolute atomic E-state index is 13.0. The molecule has 0 N–H and O–H groups in total. The molecule has 0 saturated carbocycles. The molecule has 1 amide bonds. The second-order valence-corrected chi connectivity index (χ2v) is 7.57. The number of hydrogen-bond acceptors (Lipinski definition) is 6. The third-order valence-electron chi connectivity index (χ3n) is 5.26. The summed E-state index contributed by atoms with van der Waals surface area (Å²) in [6.45, 7) is 4.15. The monoisotopic (exact) mass is 446 g/mol. The number of carbonyl (C=O) groups is 2. The van der Waals surface area contributed by atoms with E-state index in [1.54, 1.807) is 56.4 Å². The van der Waals surface area contributed by atoms with Crippen molar-refractivity contribution in [3.8, 4) is 11.5 Å². The fraction of sp³-hybridized carbons (Fsp3) is 0.391. The minimum atomic E-state index is -0.536. The number of rotatable bonds is 7. The van der Waals surface area contributed by atoms with Gasteiger partial charge in [0.25, 0.3) is 5.91 Å². The fourth-order valence-electron chi connectivity index (χ4n) is 3.66. The number of carbonyl (C=O) groups excluding carboxylic acids is 2. The van der Waals surface area contributed by atoms with Crippen molar-refractivity contribution in [2.75, 3.05) is 47.0 Å². The van der Waals surface area contributed by atoms with Gasteiger partial charge >= 0.3 is 5.97 Å². The van der Waals surface area contributed by atoms with E-state index in [1.807, 2.05) is 17.0 Å². The molecule has 1 unspecified atom stereocenters. The number of amides is 1. The van der Waals surface area contributed by atoms with Crippen molar-refractivity contribution in [2.45, 2.75) is 13.0 Å². The molecule has 1 heterocycles. The average Bonchev–Trinajstić information content (AvgIpc) is 2.80. The first-order chi connectivity index (χ1) is 15.0. The van der Waals surface area contributed by atoms with Gasteiger partial charge in [0.05, 0.1) is 20.8 Å². The molecule has 0 aliphatic carbocycles. The lowest BCUT2D eigenvalue weighted by Gasteiger charge is -2.38. The molecule has 0 aromatic heterocycles. The van der Waals surface area contributed by atoms with Gasteiger partial charge in [0.2, 0.25) is 0 Å². The Kier molecular flexibility index (Phi) is 7.76. The molecule has 1 fully saturated rings. The van der Waals surface area contributed by atoms with Crippen LogP contribution in [-0.4, -0.2) is 68.7 Å². The predicted octanol–water partition coefficient (Wildman–Crippen LogP) is 3.42. The van der Waals surface area contributed by atoms with Gasteiger partial charge in [0.15, 0.2) is 0 Å². The van der Waals surface area contributed by atoms with E-state index in [9.17, 15) is 9.59 Å². The summed E-state index contributed by atoms with van der Waals surface area (Å²) >= 11 is 6.01. The van der Waals surface area contributed by atoms with Crippen LogP contribution in [0.25, 0.3) is 0 Å². The first-order valence-corrected chi connectivity index (χ1v) is 10.5. The summed E-state index contributed by atoms with van der Waals surface area (Å²) in [5.74, 6) is 0.719. The molecule has 2 aromatic rings. The third kappa shape index (κ3) is 5.48. The lowest BCUT2D eigenvalue weighted by Crippen LogP contribution is -2.51. The molecule has 8 heteroatoms. The topological polar surface area (TPSA) is 68.3 Å². The number of methoxy groups -OCH3 is 2. The molecule has 0 bridgehead atoms. The highest BCUT2D eigenvalue weighted by molar-refractivity contribution is 6.30. The Labute approximate surface area is 187 Å². The van der Waals surface area contributed by atoms with Gasteiger partial charge in [-0.25, -0.2) is 4.79 Å². The molecule has 166 valence electrons.